The smallest absolute Gasteiger partial charge is 0.258 e. The fourth-order valence-electron chi connectivity index (χ4n) is 3.03. The summed E-state index contributed by atoms with van der Waals surface area (Å²) in [5.41, 5.74) is 2.23. The van der Waals surface area contributed by atoms with Crippen molar-refractivity contribution in [3.8, 4) is 34.3 Å². The Hall–Kier alpha value is -4.20. The highest BCUT2D eigenvalue weighted by atomic mass is 19.1. The van der Waals surface area contributed by atoms with Crippen LogP contribution in [0.1, 0.15) is 10.4 Å². The van der Waals surface area contributed by atoms with E-state index in [1.165, 1.54) is 12.1 Å². The lowest BCUT2D eigenvalue weighted by molar-refractivity contribution is 0.102. The van der Waals surface area contributed by atoms with Gasteiger partial charge in [-0.1, -0.05) is 11.2 Å². The van der Waals surface area contributed by atoms with Gasteiger partial charge in [-0.3, -0.25) is 4.79 Å². The van der Waals surface area contributed by atoms with Gasteiger partial charge in [0.15, 0.2) is 11.5 Å². The molecule has 30 heavy (non-hydrogen) atoms. The molecule has 1 aliphatic rings. The number of halogens is 1. The van der Waals surface area contributed by atoms with Crippen molar-refractivity contribution in [3.05, 3.63) is 78.1 Å². The first kappa shape index (κ1) is 17.9. The molecule has 0 spiro atoms. The third-order valence-electron chi connectivity index (χ3n) is 4.53. The molecule has 0 unspecified atom stereocenters. The zero-order valence-corrected chi connectivity index (χ0v) is 15.5. The quantitative estimate of drug-likeness (QED) is 0.539. The van der Waals surface area contributed by atoms with E-state index < -0.39 is 0 Å². The predicted octanol–water partition coefficient (Wildman–Crippen LogP) is 4.52. The van der Waals surface area contributed by atoms with Crippen molar-refractivity contribution in [2.75, 3.05) is 12.1 Å². The van der Waals surface area contributed by atoms with Crippen LogP contribution in [0.25, 0.3) is 22.8 Å². The molecular formula is C22H14FN3O4. The van der Waals surface area contributed by atoms with Crippen LogP contribution in [0.15, 0.2) is 71.3 Å². The first-order valence-corrected chi connectivity index (χ1v) is 9.07. The molecule has 2 heterocycles. The molecule has 0 saturated heterocycles. The highest BCUT2D eigenvalue weighted by molar-refractivity contribution is 6.05. The van der Waals surface area contributed by atoms with Crippen molar-refractivity contribution in [1.82, 2.24) is 10.1 Å². The third-order valence-corrected chi connectivity index (χ3v) is 4.53. The lowest BCUT2D eigenvalue weighted by Gasteiger charge is -2.07. The van der Waals surface area contributed by atoms with E-state index in [-0.39, 0.29) is 24.4 Å². The number of rotatable bonds is 4. The summed E-state index contributed by atoms with van der Waals surface area (Å²) in [5.74, 6) is 1.17. The lowest BCUT2D eigenvalue weighted by atomic mass is 10.1. The largest absolute Gasteiger partial charge is 0.454 e. The fourth-order valence-corrected chi connectivity index (χ4v) is 3.03. The van der Waals surface area contributed by atoms with Crippen molar-refractivity contribution in [2.24, 2.45) is 0 Å². The normalized spacial score (nSPS) is 12.0. The Labute approximate surface area is 170 Å². The van der Waals surface area contributed by atoms with E-state index in [0.717, 1.165) is 0 Å². The van der Waals surface area contributed by atoms with Crippen molar-refractivity contribution in [1.29, 1.82) is 0 Å². The maximum atomic E-state index is 13.1. The summed E-state index contributed by atoms with van der Waals surface area (Å²) in [7, 11) is 0. The van der Waals surface area contributed by atoms with Crippen LogP contribution in [0.2, 0.25) is 0 Å². The Bertz CT molecular complexity index is 1240. The van der Waals surface area contributed by atoms with Gasteiger partial charge in [0.05, 0.1) is 0 Å². The molecule has 1 aromatic heterocycles. The highest BCUT2D eigenvalue weighted by Crippen LogP contribution is 2.34. The Balaban J connectivity index is 1.36. The van der Waals surface area contributed by atoms with Gasteiger partial charge in [-0.25, -0.2) is 4.39 Å². The molecular weight excluding hydrogens is 389 g/mol. The molecule has 1 aliphatic heterocycles. The van der Waals surface area contributed by atoms with E-state index >= 15 is 0 Å². The van der Waals surface area contributed by atoms with Gasteiger partial charge in [0, 0.05) is 28.4 Å². The van der Waals surface area contributed by atoms with E-state index in [9.17, 15) is 9.18 Å². The second kappa shape index (κ2) is 7.32. The average Bonchev–Trinajstić information content (AvgIpc) is 3.44. The molecule has 0 fully saturated rings. The number of aromatic nitrogens is 2. The fraction of sp³-hybridized carbons (Fsp3) is 0.0455. The van der Waals surface area contributed by atoms with E-state index in [0.29, 0.717) is 39.7 Å². The number of carbonyl (C=O) groups is 1. The van der Waals surface area contributed by atoms with Crippen LogP contribution in [-0.4, -0.2) is 22.8 Å². The minimum absolute atomic E-state index is 0.166. The van der Waals surface area contributed by atoms with Gasteiger partial charge in [-0.05, 0) is 54.6 Å². The number of ether oxygens (including phenoxy) is 2. The summed E-state index contributed by atoms with van der Waals surface area (Å²) >= 11 is 0. The highest BCUT2D eigenvalue weighted by Gasteiger charge is 2.16. The molecule has 0 atom stereocenters. The van der Waals surface area contributed by atoms with E-state index in [2.05, 4.69) is 15.5 Å². The first-order valence-electron chi connectivity index (χ1n) is 9.07. The van der Waals surface area contributed by atoms with Gasteiger partial charge >= 0.3 is 0 Å². The van der Waals surface area contributed by atoms with Gasteiger partial charge < -0.3 is 19.3 Å². The topological polar surface area (TPSA) is 86.5 Å². The second-order valence-corrected chi connectivity index (χ2v) is 6.53. The number of fused-ring (bicyclic) bond motifs is 1. The van der Waals surface area contributed by atoms with Crippen LogP contribution in [0.4, 0.5) is 10.1 Å². The van der Waals surface area contributed by atoms with Crippen molar-refractivity contribution in [2.45, 2.75) is 0 Å². The van der Waals surface area contributed by atoms with Gasteiger partial charge in [0.25, 0.3) is 11.8 Å². The molecule has 148 valence electrons. The Morgan fingerprint density at radius 3 is 2.63 bits per heavy atom. The van der Waals surface area contributed by atoms with Crippen LogP contribution in [0.5, 0.6) is 11.5 Å². The summed E-state index contributed by atoms with van der Waals surface area (Å²) in [5, 5.41) is 6.76. The van der Waals surface area contributed by atoms with Gasteiger partial charge in [0.2, 0.25) is 12.6 Å². The van der Waals surface area contributed by atoms with Crippen molar-refractivity contribution >= 4 is 11.6 Å². The van der Waals surface area contributed by atoms with Crippen molar-refractivity contribution in [3.63, 3.8) is 0 Å². The molecule has 3 aromatic carbocycles. The van der Waals surface area contributed by atoms with Crippen LogP contribution < -0.4 is 14.8 Å². The molecule has 1 amide bonds. The molecule has 0 saturated carbocycles. The number of benzene rings is 3. The molecule has 5 rings (SSSR count). The molecule has 1 N–H and O–H groups in total. The summed E-state index contributed by atoms with van der Waals surface area (Å²) < 4.78 is 29.0. The minimum Gasteiger partial charge on any atom is -0.454 e. The number of carbonyl (C=O) groups excluding carboxylic acids is 1. The monoisotopic (exact) mass is 403 g/mol. The zero-order chi connectivity index (χ0) is 20.5. The van der Waals surface area contributed by atoms with E-state index in [4.69, 9.17) is 14.0 Å². The summed E-state index contributed by atoms with van der Waals surface area (Å²) in [6, 6.07) is 17.8. The molecule has 4 aromatic rings. The Morgan fingerprint density at radius 2 is 1.77 bits per heavy atom. The number of anilines is 1. The standard InChI is InChI=1S/C22H14FN3O4/c23-16-6-4-13(5-7-16)20-25-22(30-26-20)15-3-1-2-14(10-15)21(27)24-17-8-9-18-19(11-17)29-12-28-18/h1-11H,12H2,(H,24,27). The number of amides is 1. The van der Waals surface area contributed by atoms with Gasteiger partial charge in [0.1, 0.15) is 5.82 Å². The first-order chi connectivity index (χ1) is 14.7. The SMILES string of the molecule is O=C(Nc1ccc2c(c1)OCO2)c1cccc(-c2nc(-c3ccc(F)cc3)no2)c1. The van der Waals surface area contributed by atoms with Crippen LogP contribution in [-0.2, 0) is 0 Å². The molecule has 0 radical (unpaired) electrons. The Morgan fingerprint density at radius 1 is 0.933 bits per heavy atom. The number of hydrogen-bond acceptors (Lipinski definition) is 6. The summed E-state index contributed by atoms with van der Waals surface area (Å²) in [6.07, 6.45) is 0. The van der Waals surface area contributed by atoms with Gasteiger partial charge in [-0.15, -0.1) is 0 Å². The maximum absolute atomic E-state index is 13.1. The summed E-state index contributed by atoms with van der Waals surface area (Å²) in [4.78, 5) is 17.0. The number of hydrogen-bond donors (Lipinski definition) is 1. The van der Waals surface area contributed by atoms with Gasteiger partial charge in [-0.2, -0.15) is 4.98 Å². The van der Waals surface area contributed by atoms with E-state index in [1.807, 2.05) is 0 Å². The Kier molecular flexibility index (Phi) is 4.36. The summed E-state index contributed by atoms with van der Waals surface area (Å²) in [6.45, 7) is 0.166. The van der Waals surface area contributed by atoms with Crippen molar-refractivity contribution < 1.29 is 23.2 Å². The van der Waals surface area contributed by atoms with Crippen LogP contribution >= 0.6 is 0 Å². The predicted molar refractivity (Wildman–Crippen MR) is 106 cm³/mol. The maximum Gasteiger partial charge on any atom is 0.258 e. The van der Waals surface area contributed by atoms with E-state index in [1.54, 1.807) is 54.6 Å². The minimum atomic E-state index is -0.344. The molecule has 0 aliphatic carbocycles. The zero-order valence-electron chi connectivity index (χ0n) is 15.5. The molecule has 7 nitrogen and oxygen atoms in total. The second-order valence-electron chi connectivity index (χ2n) is 6.53. The number of nitrogens with zero attached hydrogens (tertiary/aromatic N) is 2. The molecule has 8 heteroatoms. The molecule has 0 bridgehead atoms. The third kappa shape index (κ3) is 3.46. The van der Waals surface area contributed by atoms with Crippen LogP contribution in [0, 0.1) is 5.82 Å². The lowest BCUT2D eigenvalue weighted by Crippen LogP contribution is -2.11. The number of nitrogens with one attached hydrogen (secondary N) is 1. The van der Waals surface area contributed by atoms with Crippen LogP contribution in [0.3, 0.4) is 0 Å². The average molecular weight is 403 g/mol.